The van der Waals surface area contributed by atoms with Crippen LogP contribution in [0.15, 0.2) is 72.1 Å². The van der Waals surface area contributed by atoms with E-state index in [0.717, 1.165) is 27.2 Å². The van der Waals surface area contributed by atoms with E-state index in [1.807, 2.05) is 54.1 Å². The fourth-order valence-corrected chi connectivity index (χ4v) is 3.97. The lowest BCUT2D eigenvalue weighted by atomic mass is 10.0. The van der Waals surface area contributed by atoms with Crippen LogP contribution in [0.5, 0.6) is 0 Å². The highest BCUT2D eigenvalue weighted by molar-refractivity contribution is 7.99. The van der Waals surface area contributed by atoms with Crippen molar-refractivity contribution in [2.24, 2.45) is 7.05 Å². The van der Waals surface area contributed by atoms with Crippen LogP contribution in [0.2, 0.25) is 0 Å². The van der Waals surface area contributed by atoms with Crippen molar-refractivity contribution < 1.29 is 4.79 Å². The maximum atomic E-state index is 12.8. The van der Waals surface area contributed by atoms with Crippen molar-refractivity contribution in [3.05, 3.63) is 83.8 Å². The quantitative estimate of drug-likeness (QED) is 0.356. The van der Waals surface area contributed by atoms with E-state index < -0.39 is 0 Å². The van der Waals surface area contributed by atoms with Gasteiger partial charge in [0, 0.05) is 24.1 Å². The summed E-state index contributed by atoms with van der Waals surface area (Å²) >= 11 is 1.65. The predicted octanol–water partition coefficient (Wildman–Crippen LogP) is 4.64. The van der Waals surface area contributed by atoms with E-state index in [4.69, 9.17) is 0 Å². The highest BCUT2D eigenvalue weighted by Gasteiger charge is 2.14. The van der Waals surface area contributed by atoms with E-state index in [9.17, 15) is 4.79 Å². The third-order valence-electron chi connectivity index (χ3n) is 4.62. The van der Waals surface area contributed by atoms with Gasteiger partial charge in [0.05, 0.1) is 5.52 Å². The number of carbonyl (C=O) groups is 1. The van der Waals surface area contributed by atoms with Gasteiger partial charge in [0.1, 0.15) is 12.0 Å². The molecular formula is C22H20N4OS. The first-order valence-corrected chi connectivity index (χ1v) is 9.96. The molecule has 0 N–H and O–H groups in total. The van der Waals surface area contributed by atoms with Gasteiger partial charge in [-0.3, -0.25) is 4.79 Å². The summed E-state index contributed by atoms with van der Waals surface area (Å²) < 4.78 is 1.90. The minimum atomic E-state index is 0.0245. The summed E-state index contributed by atoms with van der Waals surface area (Å²) in [7, 11) is 1.93. The average Bonchev–Trinajstić information content (AvgIpc) is 3.12. The monoisotopic (exact) mass is 388 g/mol. The molecule has 2 aromatic heterocycles. The van der Waals surface area contributed by atoms with Crippen molar-refractivity contribution in [2.75, 3.05) is 0 Å². The fraction of sp³-hybridized carbons (Fsp3) is 0.182. The number of aromatic nitrogens is 4. The maximum Gasteiger partial charge on any atom is 0.191 e. The Balaban J connectivity index is 1.50. The third kappa shape index (κ3) is 3.97. The molecule has 0 bridgehead atoms. The number of pyridine rings is 1. The lowest BCUT2D eigenvalue weighted by molar-refractivity contribution is 0.0988. The Bertz CT molecular complexity index is 1140. The van der Waals surface area contributed by atoms with Crippen molar-refractivity contribution in [3.63, 3.8) is 0 Å². The molecular weight excluding hydrogens is 368 g/mol. The molecule has 0 amide bonds. The van der Waals surface area contributed by atoms with E-state index in [1.54, 1.807) is 24.2 Å². The van der Waals surface area contributed by atoms with Gasteiger partial charge in [0.2, 0.25) is 0 Å². The molecule has 4 rings (SSSR count). The minimum absolute atomic E-state index is 0.0245. The van der Waals surface area contributed by atoms with E-state index in [1.165, 1.54) is 0 Å². The number of nitrogens with zero attached hydrogens (tertiary/aromatic N) is 4. The third-order valence-corrected chi connectivity index (χ3v) is 5.83. The van der Waals surface area contributed by atoms with Crippen LogP contribution >= 0.6 is 11.8 Å². The smallest absolute Gasteiger partial charge is 0.191 e. The number of hydrogen-bond acceptors (Lipinski definition) is 5. The first kappa shape index (κ1) is 18.4. The minimum Gasteiger partial charge on any atom is -0.312 e. The van der Waals surface area contributed by atoms with Crippen molar-refractivity contribution >= 4 is 28.4 Å². The summed E-state index contributed by atoms with van der Waals surface area (Å²) in [6.07, 6.45) is 2.03. The van der Waals surface area contributed by atoms with Crippen molar-refractivity contribution in [1.82, 2.24) is 19.7 Å². The molecule has 0 saturated heterocycles. The lowest BCUT2D eigenvalue weighted by Gasteiger charge is -2.12. The fourth-order valence-electron chi connectivity index (χ4n) is 3.06. The Hall–Kier alpha value is -2.99. The van der Waals surface area contributed by atoms with Gasteiger partial charge in [0.25, 0.3) is 0 Å². The Morgan fingerprint density at radius 3 is 2.79 bits per heavy atom. The molecule has 0 unspecified atom stereocenters. The molecule has 1 atom stereocenters. The van der Waals surface area contributed by atoms with Gasteiger partial charge in [-0.05, 0) is 30.2 Å². The molecule has 28 heavy (non-hydrogen) atoms. The number of ketones is 1. The maximum absolute atomic E-state index is 12.8. The number of hydrogen-bond donors (Lipinski definition) is 0. The van der Waals surface area contributed by atoms with E-state index >= 15 is 0 Å². The Morgan fingerprint density at radius 2 is 1.96 bits per heavy atom. The van der Waals surface area contributed by atoms with Crippen LogP contribution in [0.4, 0.5) is 0 Å². The number of para-hydroxylation sites is 1. The zero-order chi connectivity index (χ0) is 19.5. The van der Waals surface area contributed by atoms with Gasteiger partial charge in [-0.25, -0.2) is 4.98 Å². The zero-order valence-electron chi connectivity index (χ0n) is 15.7. The highest BCUT2D eigenvalue weighted by atomic mass is 32.2. The van der Waals surface area contributed by atoms with Crippen LogP contribution in [0.3, 0.4) is 0 Å². The van der Waals surface area contributed by atoms with Gasteiger partial charge in [-0.1, -0.05) is 60.3 Å². The van der Waals surface area contributed by atoms with Gasteiger partial charge in [-0.2, -0.15) is 0 Å². The van der Waals surface area contributed by atoms with Gasteiger partial charge in [-0.15, -0.1) is 10.2 Å². The Morgan fingerprint density at radius 1 is 1.11 bits per heavy atom. The number of Topliss-reactive ketones (excluding diaryl/α,β-unsaturated/α-hetero) is 1. The number of carbonyl (C=O) groups excluding carboxylic acids is 1. The van der Waals surface area contributed by atoms with Gasteiger partial charge < -0.3 is 4.57 Å². The molecule has 2 heterocycles. The summed E-state index contributed by atoms with van der Waals surface area (Å²) in [4.78, 5) is 17.3. The molecule has 0 saturated carbocycles. The van der Waals surface area contributed by atoms with Crippen LogP contribution in [0, 0.1) is 0 Å². The van der Waals surface area contributed by atoms with E-state index in [0.29, 0.717) is 12.1 Å². The molecule has 0 aliphatic carbocycles. The molecule has 0 spiro atoms. The zero-order valence-corrected chi connectivity index (χ0v) is 16.6. The van der Waals surface area contributed by atoms with Crippen molar-refractivity contribution in [1.29, 1.82) is 0 Å². The lowest BCUT2D eigenvalue weighted by Crippen LogP contribution is -2.06. The van der Waals surface area contributed by atoms with Gasteiger partial charge >= 0.3 is 0 Å². The second-order valence-electron chi connectivity index (χ2n) is 6.72. The molecule has 140 valence electrons. The van der Waals surface area contributed by atoms with Crippen LogP contribution in [0.1, 0.15) is 33.8 Å². The summed E-state index contributed by atoms with van der Waals surface area (Å²) in [6.45, 7) is 2.13. The van der Waals surface area contributed by atoms with Crippen LogP contribution < -0.4 is 0 Å². The number of aryl methyl sites for hydroxylation is 1. The molecule has 4 aromatic rings. The highest BCUT2D eigenvalue weighted by Crippen LogP contribution is 2.33. The first-order valence-electron chi connectivity index (χ1n) is 9.08. The molecule has 0 aliphatic rings. The number of fused-ring (bicyclic) bond motifs is 1. The van der Waals surface area contributed by atoms with Crippen molar-refractivity contribution in [2.45, 2.75) is 23.8 Å². The SMILES string of the molecule is C[C@H](Sc1nncn1C)c1cccc(CC(=O)c2ccc3ccccc3n2)c1. The second-order valence-corrected chi connectivity index (χ2v) is 8.03. The number of benzene rings is 2. The molecule has 6 heteroatoms. The van der Waals surface area contributed by atoms with E-state index in [2.05, 4.69) is 34.2 Å². The normalized spacial score (nSPS) is 12.2. The van der Waals surface area contributed by atoms with Crippen LogP contribution in [-0.2, 0) is 13.5 Å². The largest absolute Gasteiger partial charge is 0.312 e. The first-order chi connectivity index (χ1) is 13.6. The number of thioether (sulfide) groups is 1. The molecule has 5 nitrogen and oxygen atoms in total. The second kappa shape index (κ2) is 7.94. The van der Waals surface area contributed by atoms with Crippen molar-refractivity contribution in [3.8, 4) is 0 Å². The summed E-state index contributed by atoms with van der Waals surface area (Å²) in [5, 5.41) is 10.2. The molecule has 2 aromatic carbocycles. The average molecular weight is 388 g/mol. The predicted molar refractivity (Wildman–Crippen MR) is 111 cm³/mol. The summed E-state index contributed by atoms with van der Waals surface area (Å²) in [5.41, 5.74) is 3.49. The molecule has 0 aliphatic heterocycles. The van der Waals surface area contributed by atoms with Crippen LogP contribution in [-0.4, -0.2) is 25.5 Å². The summed E-state index contributed by atoms with van der Waals surface area (Å²) in [6, 6.07) is 19.7. The van der Waals surface area contributed by atoms with Crippen LogP contribution in [0.25, 0.3) is 10.9 Å². The van der Waals surface area contributed by atoms with E-state index in [-0.39, 0.29) is 11.0 Å². The Labute approximate surface area is 167 Å². The standard InChI is InChI=1S/C22H20N4OS/c1-15(28-22-25-23-14-26(22)2)18-8-5-6-16(12-18)13-21(27)20-11-10-17-7-3-4-9-19(17)24-20/h3-12,14-15H,13H2,1-2H3/t15-/m0/s1. The topological polar surface area (TPSA) is 60.7 Å². The molecule has 0 fully saturated rings. The Kier molecular flexibility index (Phi) is 5.21. The van der Waals surface area contributed by atoms with Gasteiger partial charge in [0.15, 0.2) is 10.9 Å². The number of rotatable bonds is 6. The molecule has 0 radical (unpaired) electrons. The summed E-state index contributed by atoms with van der Waals surface area (Å²) in [5.74, 6) is 0.0245.